The van der Waals surface area contributed by atoms with E-state index in [-0.39, 0.29) is 9.79 Å². The van der Waals surface area contributed by atoms with Crippen molar-refractivity contribution in [2.24, 2.45) is 0 Å². The van der Waals surface area contributed by atoms with Gasteiger partial charge in [-0.3, -0.25) is 0 Å². The first kappa shape index (κ1) is 36.4. The molecule has 10 heteroatoms. The maximum atomic E-state index is 10.8. The van der Waals surface area contributed by atoms with Crippen molar-refractivity contribution in [3.05, 3.63) is 48.5 Å². The van der Waals surface area contributed by atoms with Gasteiger partial charge in [-0.2, -0.15) is 0 Å². The highest BCUT2D eigenvalue weighted by Gasteiger charge is 2.24. The van der Waals surface area contributed by atoms with Crippen molar-refractivity contribution >= 4 is 20.2 Å². The van der Waals surface area contributed by atoms with Crippen molar-refractivity contribution < 1.29 is 34.9 Å². The number of likely N-dealkylation sites (tertiary alicyclic amines) is 2. The third-order valence-corrected chi connectivity index (χ3v) is 10.2. The number of piperidine rings is 2. The van der Waals surface area contributed by atoms with E-state index in [0.717, 1.165) is 24.3 Å². The lowest BCUT2D eigenvalue weighted by atomic mass is 10.1. The van der Waals surface area contributed by atoms with E-state index in [4.69, 9.17) is 0 Å². The average molecular weight is 625 g/mol. The Kier molecular flexibility index (Phi) is 14.6. The van der Waals surface area contributed by atoms with Crippen molar-refractivity contribution in [2.75, 3.05) is 53.4 Å². The van der Waals surface area contributed by atoms with E-state index < -0.39 is 20.2 Å². The summed E-state index contributed by atoms with van der Waals surface area (Å²) >= 11 is 0. The Hall–Kier alpha value is -1.82. The van der Waals surface area contributed by atoms with Crippen molar-refractivity contribution in [2.45, 2.75) is 87.8 Å². The molecule has 2 saturated heterocycles. The van der Waals surface area contributed by atoms with Gasteiger partial charge in [0.2, 0.25) is 0 Å². The quantitative estimate of drug-likeness (QED) is 0.250. The molecule has 2 aromatic carbocycles. The normalized spacial score (nSPS) is 18.1. The van der Waals surface area contributed by atoms with Crippen LogP contribution in [0, 0.1) is 0 Å². The van der Waals surface area contributed by atoms with Gasteiger partial charge in [-0.25, -0.2) is 16.8 Å². The molecule has 0 N–H and O–H groups in total. The van der Waals surface area contributed by atoms with E-state index in [0.29, 0.717) is 11.1 Å². The number of rotatable bonds is 9. The summed E-state index contributed by atoms with van der Waals surface area (Å²) in [6.07, 6.45) is 14.3. The number of unbranched alkanes of at least 4 members (excludes halogenated alkanes) is 2. The fourth-order valence-corrected chi connectivity index (χ4v) is 6.65. The van der Waals surface area contributed by atoms with Crippen LogP contribution in [0.15, 0.2) is 58.3 Å². The summed E-state index contributed by atoms with van der Waals surface area (Å²) in [5, 5.41) is 0. The summed E-state index contributed by atoms with van der Waals surface area (Å²) in [5.41, 5.74) is 1.18. The molecular weight excluding hydrogens is 572 g/mol. The third kappa shape index (κ3) is 12.8. The minimum absolute atomic E-state index is 0.347. The Balaban J connectivity index is 0.000000239. The summed E-state index contributed by atoms with van der Waals surface area (Å²) in [7, 11) is -4.15. The molecule has 0 atom stereocenters. The summed E-state index contributed by atoms with van der Waals surface area (Å²) in [6, 6.07) is 10.3. The molecule has 4 rings (SSSR count). The van der Waals surface area contributed by atoms with E-state index >= 15 is 0 Å². The predicted molar refractivity (Wildman–Crippen MR) is 167 cm³/mol. The van der Waals surface area contributed by atoms with Crippen LogP contribution in [0.25, 0.3) is 11.1 Å². The van der Waals surface area contributed by atoms with Crippen molar-refractivity contribution in [1.82, 2.24) is 0 Å². The number of benzene rings is 2. The fraction of sp³-hybridized carbons (Fsp3) is 0.625. The second kappa shape index (κ2) is 16.9. The van der Waals surface area contributed by atoms with E-state index in [2.05, 4.69) is 27.9 Å². The van der Waals surface area contributed by atoms with Crippen LogP contribution in [0.5, 0.6) is 0 Å². The van der Waals surface area contributed by atoms with Crippen LogP contribution < -0.4 is 0 Å². The van der Waals surface area contributed by atoms with Gasteiger partial charge in [0.05, 0.1) is 63.2 Å². The van der Waals surface area contributed by atoms with Gasteiger partial charge in [-0.1, -0.05) is 51.0 Å². The Morgan fingerprint density at radius 2 is 0.833 bits per heavy atom. The minimum Gasteiger partial charge on any atom is -0.744 e. The highest BCUT2D eigenvalue weighted by atomic mass is 32.2. The van der Waals surface area contributed by atoms with Crippen LogP contribution in [-0.4, -0.2) is 88.3 Å². The zero-order valence-electron chi connectivity index (χ0n) is 26.1. The lowest BCUT2D eigenvalue weighted by molar-refractivity contribution is -0.914. The number of quaternary nitrogens is 2. The number of nitrogens with zero attached hydrogens (tertiary/aromatic N) is 2. The van der Waals surface area contributed by atoms with Crippen LogP contribution in [0.4, 0.5) is 0 Å². The maximum absolute atomic E-state index is 10.8. The molecular formula is C32H52N2O6S2. The summed E-state index contributed by atoms with van der Waals surface area (Å²) < 4.78 is 67.4. The zero-order chi connectivity index (χ0) is 31.3. The van der Waals surface area contributed by atoms with Gasteiger partial charge in [0, 0.05) is 0 Å². The molecule has 0 bridgehead atoms. The highest BCUT2D eigenvalue weighted by molar-refractivity contribution is 7.86. The molecule has 238 valence electrons. The lowest BCUT2D eigenvalue weighted by Gasteiger charge is -2.37. The third-order valence-electron chi connectivity index (χ3n) is 8.51. The molecule has 0 spiro atoms. The number of hydrogen-bond acceptors (Lipinski definition) is 6. The molecule has 2 fully saturated rings. The van der Waals surface area contributed by atoms with Crippen molar-refractivity contribution in [1.29, 1.82) is 0 Å². The van der Waals surface area contributed by atoms with Crippen LogP contribution in [-0.2, 0) is 20.2 Å². The van der Waals surface area contributed by atoms with Crippen molar-refractivity contribution in [3.8, 4) is 11.1 Å². The first-order valence-electron chi connectivity index (χ1n) is 15.5. The van der Waals surface area contributed by atoms with Gasteiger partial charge in [-0.05, 0) is 86.8 Å². The fourth-order valence-electron chi connectivity index (χ4n) is 5.71. The van der Waals surface area contributed by atoms with Crippen LogP contribution in [0.2, 0.25) is 0 Å². The first-order chi connectivity index (χ1) is 19.7. The minimum atomic E-state index is -4.50. The van der Waals surface area contributed by atoms with Crippen LogP contribution >= 0.6 is 0 Å². The monoisotopic (exact) mass is 624 g/mol. The van der Waals surface area contributed by atoms with Crippen molar-refractivity contribution in [3.63, 3.8) is 0 Å². The van der Waals surface area contributed by atoms with Gasteiger partial charge < -0.3 is 18.1 Å². The van der Waals surface area contributed by atoms with Gasteiger partial charge in [0.1, 0.15) is 20.2 Å². The van der Waals surface area contributed by atoms with Gasteiger partial charge in [0.25, 0.3) is 0 Å². The van der Waals surface area contributed by atoms with Gasteiger partial charge in [-0.15, -0.1) is 0 Å². The van der Waals surface area contributed by atoms with E-state index in [1.54, 1.807) is 0 Å². The van der Waals surface area contributed by atoms with Crippen LogP contribution in [0.1, 0.15) is 78.1 Å². The second-order valence-corrected chi connectivity index (χ2v) is 15.1. The molecule has 0 radical (unpaired) electrons. The topological polar surface area (TPSA) is 114 Å². The molecule has 0 unspecified atom stereocenters. The summed E-state index contributed by atoms with van der Waals surface area (Å²) in [6.45, 7) is 13.1. The van der Waals surface area contributed by atoms with Gasteiger partial charge in [0.15, 0.2) is 0 Å². The Morgan fingerprint density at radius 3 is 1.07 bits per heavy atom. The zero-order valence-corrected chi connectivity index (χ0v) is 27.7. The Bertz CT molecular complexity index is 1160. The number of hydrogen-bond donors (Lipinski definition) is 0. The summed E-state index contributed by atoms with van der Waals surface area (Å²) in [5.74, 6) is 0. The lowest BCUT2D eigenvalue weighted by Crippen LogP contribution is -2.48. The molecule has 0 amide bonds. The first-order valence-corrected chi connectivity index (χ1v) is 18.3. The molecule has 2 aliphatic heterocycles. The Morgan fingerprint density at radius 1 is 0.548 bits per heavy atom. The molecule has 2 aliphatic rings. The van der Waals surface area contributed by atoms with E-state index in [9.17, 15) is 25.9 Å². The van der Waals surface area contributed by atoms with Gasteiger partial charge >= 0.3 is 0 Å². The molecule has 0 aliphatic carbocycles. The molecule has 8 nitrogen and oxygen atoms in total. The summed E-state index contributed by atoms with van der Waals surface area (Å²) in [4.78, 5) is -0.694. The predicted octanol–water partition coefficient (Wildman–Crippen LogP) is 6.00. The molecule has 2 heterocycles. The van der Waals surface area contributed by atoms with E-state index in [1.165, 1.54) is 137 Å². The molecule has 2 aromatic rings. The highest BCUT2D eigenvalue weighted by Crippen LogP contribution is 2.23. The van der Waals surface area contributed by atoms with E-state index in [1.807, 2.05) is 0 Å². The molecule has 0 aromatic heterocycles. The smallest absolute Gasteiger partial charge is 0.124 e. The molecule has 0 saturated carbocycles. The van der Waals surface area contributed by atoms with Crippen LogP contribution in [0.3, 0.4) is 0 Å². The standard InChI is InChI=1S/C12H10O6S2.2C10H22N/c13-19(14,15)11-5-1-9(2-6-11)10-3-7-12(8-4-10)20(16,17)18;2*1-3-4-8-11(2)9-6-5-7-10-11/h1-8H,(H,13,14,15)(H,16,17,18);2*3-10H2,1-2H3/q;2*+1/p-2. The Labute approximate surface area is 255 Å². The molecule has 42 heavy (non-hydrogen) atoms. The largest absolute Gasteiger partial charge is 0.744 e. The SMILES string of the molecule is CCCC[N+]1(C)CCCCC1.CCCC[N+]1(C)CCCCC1.O=S(=O)([O-])c1ccc(-c2ccc(S(=O)(=O)[O-])cc2)cc1. The second-order valence-electron chi connectivity index (χ2n) is 12.4. The average Bonchev–Trinajstić information content (AvgIpc) is 2.96. The maximum Gasteiger partial charge on any atom is 0.124 e.